The summed E-state index contributed by atoms with van der Waals surface area (Å²) in [5.74, 6) is 0. The van der Waals surface area contributed by atoms with Crippen LogP contribution in [0.3, 0.4) is 0 Å². The van der Waals surface area contributed by atoms with Crippen molar-refractivity contribution in [1.29, 1.82) is 0 Å². The van der Waals surface area contributed by atoms with Gasteiger partial charge in [0.25, 0.3) is 0 Å². The molecule has 0 radical (unpaired) electrons. The normalized spacial score (nSPS) is 11.5. The van der Waals surface area contributed by atoms with Crippen molar-refractivity contribution >= 4 is 42.4 Å². The second-order valence-corrected chi connectivity index (χ2v) is 5.23. The Morgan fingerprint density at radius 3 is 2.76 bits per heavy atom. The molecule has 0 spiro atoms. The molecule has 2 aromatic heterocycles. The van der Waals surface area contributed by atoms with E-state index in [2.05, 4.69) is 47.4 Å². The van der Waals surface area contributed by atoms with Crippen LogP contribution in [0.1, 0.15) is 0 Å². The number of thiophene rings is 1. The number of rotatable bonds is 0. The van der Waals surface area contributed by atoms with E-state index in [4.69, 9.17) is 0 Å². The summed E-state index contributed by atoms with van der Waals surface area (Å²) in [6, 6.07) is 17.1. The lowest BCUT2D eigenvalue weighted by Gasteiger charge is -1.96. The topological polar surface area (TPSA) is 12.9 Å². The molecule has 0 fully saturated rings. The number of benzene rings is 2. The molecule has 0 saturated heterocycles. The number of fused-ring (bicyclic) bond motifs is 4. The van der Waals surface area contributed by atoms with Crippen molar-refractivity contribution in [3.8, 4) is 0 Å². The second kappa shape index (κ2) is 3.28. The van der Waals surface area contributed by atoms with E-state index in [1.807, 2.05) is 23.6 Å². The van der Waals surface area contributed by atoms with E-state index in [1.54, 1.807) is 0 Å². The summed E-state index contributed by atoms with van der Waals surface area (Å²) in [6.07, 6.45) is 1.85. The first kappa shape index (κ1) is 9.14. The lowest BCUT2D eigenvalue weighted by Crippen LogP contribution is -1.76. The van der Waals surface area contributed by atoms with Gasteiger partial charge in [-0.1, -0.05) is 24.3 Å². The summed E-state index contributed by atoms with van der Waals surface area (Å²) >= 11 is 1.84. The van der Waals surface area contributed by atoms with E-state index in [9.17, 15) is 0 Å². The molecule has 80 valence electrons. The zero-order valence-corrected chi connectivity index (χ0v) is 9.87. The molecule has 0 bridgehead atoms. The van der Waals surface area contributed by atoms with Gasteiger partial charge in [-0.3, -0.25) is 4.98 Å². The van der Waals surface area contributed by atoms with Gasteiger partial charge in [0.05, 0.1) is 5.52 Å². The fourth-order valence-electron chi connectivity index (χ4n) is 2.29. The number of hydrogen-bond acceptors (Lipinski definition) is 2. The van der Waals surface area contributed by atoms with Gasteiger partial charge in [0.2, 0.25) is 0 Å². The second-order valence-electron chi connectivity index (χ2n) is 4.14. The molecule has 0 aliphatic heterocycles. The highest BCUT2D eigenvalue weighted by molar-refractivity contribution is 7.25. The van der Waals surface area contributed by atoms with Crippen molar-refractivity contribution < 1.29 is 0 Å². The number of nitrogens with zero attached hydrogens (tertiary/aromatic N) is 1. The third kappa shape index (κ3) is 1.28. The van der Waals surface area contributed by atoms with E-state index < -0.39 is 0 Å². The van der Waals surface area contributed by atoms with Crippen molar-refractivity contribution in [2.75, 3.05) is 0 Å². The molecule has 2 aromatic carbocycles. The summed E-state index contributed by atoms with van der Waals surface area (Å²) in [6.45, 7) is 0. The Balaban J connectivity index is 2.28. The van der Waals surface area contributed by atoms with Crippen molar-refractivity contribution in [3.05, 3.63) is 54.7 Å². The van der Waals surface area contributed by atoms with Gasteiger partial charge in [0.15, 0.2) is 0 Å². The lowest BCUT2D eigenvalue weighted by atomic mass is 10.1. The minimum Gasteiger partial charge on any atom is -0.256 e. The van der Waals surface area contributed by atoms with Crippen LogP contribution in [0.4, 0.5) is 0 Å². The molecule has 0 aliphatic rings. The van der Waals surface area contributed by atoms with Gasteiger partial charge >= 0.3 is 0 Å². The molecule has 0 unspecified atom stereocenters. The average molecular weight is 235 g/mol. The number of aromatic nitrogens is 1. The van der Waals surface area contributed by atoms with E-state index in [1.165, 1.54) is 25.6 Å². The maximum Gasteiger partial charge on any atom is 0.0716 e. The minimum absolute atomic E-state index is 1.08. The summed E-state index contributed by atoms with van der Waals surface area (Å²) in [5.41, 5.74) is 1.08. The van der Waals surface area contributed by atoms with Crippen LogP contribution < -0.4 is 0 Å². The Hall–Kier alpha value is -1.93. The summed E-state index contributed by atoms with van der Waals surface area (Å²) in [5, 5.41) is 3.90. The van der Waals surface area contributed by atoms with E-state index in [0.717, 1.165) is 5.52 Å². The zero-order valence-electron chi connectivity index (χ0n) is 9.05. The fraction of sp³-hybridized carbons (Fsp3) is 0. The Bertz CT molecular complexity index is 839. The SMILES string of the molecule is c1cnc2cc3sc4ccccc4c3cc2c1. The largest absolute Gasteiger partial charge is 0.256 e. The van der Waals surface area contributed by atoms with Crippen molar-refractivity contribution in [2.24, 2.45) is 0 Å². The molecule has 0 amide bonds. The van der Waals surface area contributed by atoms with Crippen molar-refractivity contribution in [2.45, 2.75) is 0 Å². The molecule has 4 rings (SSSR count). The van der Waals surface area contributed by atoms with Crippen LogP contribution in [-0.4, -0.2) is 4.98 Å². The molecule has 0 atom stereocenters. The third-order valence-electron chi connectivity index (χ3n) is 3.10. The van der Waals surface area contributed by atoms with Gasteiger partial charge in [0.1, 0.15) is 0 Å². The first-order chi connectivity index (χ1) is 8.42. The predicted octanol–water partition coefficient (Wildman–Crippen LogP) is 4.60. The highest BCUT2D eigenvalue weighted by Crippen LogP contribution is 2.35. The summed E-state index contributed by atoms with van der Waals surface area (Å²) in [7, 11) is 0. The van der Waals surface area contributed by atoms with E-state index in [-0.39, 0.29) is 0 Å². The zero-order chi connectivity index (χ0) is 11.2. The maximum absolute atomic E-state index is 4.41. The molecular weight excluding hydrogens is 226 g/mol. The van der Waals surface area contributed by atoms with Gasteiger partial charge in [-0.2, -0.15) is 0 Å². The molecule has 17 heavy (non-hydrogen) atoms. The molecule has 0 aliphatic carbocycles. The molecule has 2 heterocycles. The van der Waals surface area contributed by atoms with Gasteiger partial charge in [-0.05, 0) is 24.3 Å². The average Bonchev–Trinajstić information content (AvgIpc) is 2.73. The van der Waals surface area contributed by atoms with Crippen LogP contribution in [0, 0.1) is 0 Å². The first-order valence-corrected chi connectivity index (χ1v) is 6.39. The standard InChI is InChI=1S/C15H9NS/c1-2-6-14-11(5-1)12-8-10-4-3-7-16-13(10)9-15(12)17-14/h1-9H. The number of hydrogen-bond donors (Lipinski definition) is 0. The third-order valence-corrected chi connectivity index (χ3v) is 4.24. The van der Waals surface area contributed by atoms with E-state index >= 15 is 0 Å². The van der Waals surface area contributed by atoms with Crippen LogP contribution in [0.5, 0.6) is 0 Å². The monoisotopic (exact) mass is 235 g/mol. The van der Waals surface area contributed by atoms with Crippen LogP contribution >= 0.6 is 11.3 Å². The molecule has 4 aromatic rings. The molecule has 1 nitrogen and oxygen atoms in total. The van der Waals surface area contributed by atoms with Crippen molar-refractivity contribution in [3.63, 3.8) is 0 Å². The van der Waals surface area contributed by atoms with Crippen LogP contribution in [0.25, 0.3) is 31.1 Å². The highest BCUT2D eigenvalue weighted by atomic mass is 32.1. The Labute approximate surface area is 102 Å². The minimum atomic E-state index is 1.08. The quantitative estimate of drug-likeness (QED) is 0.434. The fourth-order valence-corrected chi connectivity index (χ4v) is 3.41. The molecule has 0 N–H and O–H groups in total. The van der Waals surface area contributed by atoms with Gasteiger partial charge in [0, 0.05) is 31.8 Å². The van der Waals surface area contributed by atoms with Gasteiger partial charge in [-0.15, -0.1) is 11.3 Å². The summed E-state index contributed by atoms with van der Waals surface area (Å²) in [4.78, 5) is 4.41. The van der Waals surface area contributed by atoms with Crippen LogP contribution in [0.2, 0.25) is 0 Å². The van der Waals surface area contributed by atoms with E-state index in [0.29, 0.717) is 0 Å². The van der Waals surface area contributed by atoms with Crippen LogP contribution in [-0.2, 0) is 0 Å². The summed E-state index contributed by atoms with van der Waals surface area (Å²) < 4.78 is 2.66. The Kier molecular flexibility index (Phi) is 1.76. The molecular formula is C15H9NS. The van der Waals surface area contributed by atoms with Crippen LogP contribution in [0.15, 0.2) is 54.7 Å². The number of pyridine rings is 1. The predicted molar refractivity (Wildman–Crippen MR) is 74.6 cm³/mol. The maximum atomic E-state index is 4.41. The highest BCUT2D eigenvalue weighted by Gasteiger charge is 2.05. The first-order valence-electron chi connectivity index (χ1n) is 5.58. The molecule has 0 saturated carbocycles. The molecule has 2 heteroatoms. The lowest BCUT2D eigenvalue weighted by molar-refractivity contribution is 1.42. The van der Waals surface area contributed by atoms with Gasteiger partial charge in [-0.25, -0.2) is 0 Å². The van der Waals surface area contributed by atoms with Gasteiger partial charge < -0.3 is 0 Å². The van der Waals surface area contributed by atoms with Crippen molar-refractivity contribution in [1.82, 2.24) is 4.98 Å². The smallest absolute Gasteiger partial charge is 0.0716 e. The Morgan fingerprint density at radius 1 is 0.824 bits per heavy atom. The Morgan fingerprint density at radius 2 is 1.76 bits per heavy atom.